The summed E-state index contributed by atoms with van der Waals surface area (Å²) in [5, 5.41) is 13.9. The fourth-order valence-corrected chi connectivity index (χ4v) is 4.71. The molecule has 36 heavy (non-hydrogen) atoms. The monoisotopic (exact) mass is 486 g/mol. The molecule has 0 atom stereocenters. The number of carbonyl (C=O) groups is 1. The van der Waals surface area contributed by atoms with Crippen molar-refractivity contribution >= 4 is 5.91 Å². The molecule has 8 nitrogen and oxygen atoms in total. The summed E-state index contributed by atoms with van der Waals surface area (Å²) in [4.78, 5) is 22.3. The lowest BCUT2D eigenvalue weighted by molar-refractivity contribution is 0.0724. The summed E-state index contributed by atoms with van der Waals surface area (Å²) >= 11 is 0. The molecule has 4 rings (SSSR count). The summed E-state index contributed by atoms with van der Waals surface area (Å²) in [5.41, 5.74) is 7.25. The van der Waals surface area contributed by atoms with Gasteiger partial charge in [-0.1, -0.05) is 13.0 Å². The van der Waals surface area contributed by atoms with Gasteiger partial charge in [-0.2, -0.15) is 10.4 Å². The predicted octanol–water partition coefficient (Wildman–Crippen LogP) is 3.75. The average Bonchev–Trinajstić information content (AvgIpc) is 3.21. The Morgan fingerprint density at radius 3 is 2.64 bits per heavy atom. The number of aryl methyl sites for hydroxylation is 2. The van der Waals surface area contributed by atoms with Gasteiger partial charge in [-0.25, -0.2) is 0 Å². The molecule has 0 saturated heterocycles. The van der Waals surface area contributed by atoms with Crippen molar-refractivity contribution < 1.29 is 9.53 Å². The molecule has 3 heterocycles. The number of nitriles is 1. The Kier molecular flexibility index (Phi) is 7.70. The van der Waals surface area contributed by atoms with Gasteiger partial charge in [-0.3, -0.25) is 14.5 Å². The van der Waals surface area contributed by atoms with Crippen molar-refractivity contribution in [2.24, 2.45) is 7.05 Å². The maximum absolute atomic E-state index is 13.8. The first-order valence-electron chi connectivity index (χ1n) is 12.5. The third kappa shape index (κ3) is 5.26. The lowest BCUT2D eigenvalue weighted by Gasteiger charge is -2.30. The van der Waals surface area contributed by atoms with Crippen molar-refractivity contribution in [2.45, 2.75) is 40.2 Å². The number of carbonyl (C=O) groups excluding carboxylic acids is 1. The first-order valence-corrected chi connectivity index (χ1v) is 12.5. The molecule has 1 aliphatic heterocycles. The van der Waals surface area contributed by atoms with Crippen molar-refractivity contribution in [1.82, 2.24) is 24.6 Å². The molecule has 1 amide bonds. The van der Waals surface area contributed by atoms with E-state index in [-0.39, 0.29) is 5.91 Å². The van der Waals surface area contributed by atoms with Crippen LogP contribution in [0.2, 0.25) is 0 Å². The number of pyridine rings is 1. The SMILES string of the molecule is CCOc1cc(CN2CCc3c(cc(CCN(C)CC)cc3-c3cn(C)nc3C)C2=O)ncc1C#N. The normalized spacial score (nSPS) is 13.1. The number of likely N-dealkylation sites (N-methyl/N-ethyl adjacent to an activating group) is 1. The van der Waals surface area contributed by atoms with Crippen LogP contribution in [0.5, 0.6) is 5.75 Å². The number of aromatic nitrogens is 3. The van der Waals surface area contributed by atoms with Gasteiger partial charge in [-0.15, -0.1) is 0 Å². The fourth-order valence-electron chi connectivity index (χ4n) is 4.71. The van der Waals surface area contributed by atoms with Gasteiger partial charge >= 0.3 is 0 Å². The summed E-state index contributed by atoms with van der Waals surface area (Å²) in [5.74, 6) is 0.514. The fraction of sp³-hybridized carbons (Fsp3) is 0.429. The highest BCUT2D eigenvalue weighted by molar-refractivity contribution is 5.99. The zero-order valence-electron chi connectivity index (χ0n) is 21.8. The second kappa shape index (κ2) is 10.9. The van der Waals surface area contributed by atoms with E-state index in [2.05, 4.69) is 47.2 Å². The van der Waals surface area contributed by atoms with E-state index in [1.165, 1.54) is 6.20 Å². The van der Waals surface area contributed by atoms with Crippen LogP contribution in [0.1, 0.15) is 52.3 Å². The van der Waals surface area contributed by atoms with Crippen LogP contribution in [0, 0.1) is 18.3 Å². The second-order valence-corrected chi connectivity index (χ2v) is 9.31. The van der Waals surface area contributed by atoms with Crippen molar-refractivity contribution in [3.05, 3.63) is 64.2 Å². The number of rotatable bonds is 9. The minimum Gasteiger partial charge on any atom is -0.492 e. The Morgan fingerprint density at radius 1 is 1.19 bits per heavy atom. The summed E-state index contributed by atoms with van der Waals surface area (Å²) < 4.78 is 7.44. The molecular formula is C28H34N6O2. The quantitative estimate of drug-likeness (QED) is 0.458. The number of hydrogen-bond acceptors (Lipinski definition) is 6. The van der Waals surface area contributed by atoms with Crippen molar-refractivity contribution in [3.8, 4) is 22.9 Å². The predicted molar refractivity (Wildman–Crippen MR) is 139 cm³/mol. The van der Waals surface area contributed by atoms with E-state index < -0.39 is 0 Å². The lowest BCUT2D eigenvalue weighted by atomic mass is 9.87. The smallest absolute Gasteiger partial charge is 0.254 e. The molecule has 0 bridgehead atoms. The van der Waals surface area contributed by atoms with Crippen LogP contribution in [0.25, 0.3) is 11.1 Å². The number of fused-ring (bicyclic) bond motifs is 1. The Balaban J connectivity index is 1.69. The second-order valence-electron chi connectivity index (χ2n) is 9.31. The maximum atomic E-state index is 13.8. The van der Waals surface area contributed by atoms with E-state index in [0.717, 1.165) is 59.4 Å². The molecule has 1 aromatic carbocycles. The summed E-state index contributed by atoms with van der Waals surface area (Å²) in [6.45, 7) is 9.37. The highest BCUT2D eigenvalue weighted by atomic mass is 16.5. The van der Waals surface area contributed by atoms with Crippen LogP contribution in [-0.4, -0.2) is 63.8 Å². The Morgan fingerprint density at radius 2 is 1.97 bits per heavy atom. The number of amides is 1. The van der Waals surface area contributed by atoms with Crippen LogP contribution < -0.4 is 4.74 Å². The Labute approximate surface area is 213 Å². The van der Waals surface area contributed by atoms with Crippen molar-refractivity contribution in [1.29, 1.82) is 5.26 Å². The van der Waals surface area contributed by atoms with E-state index in [1.807, 2.05) is 36.7 Å². The molecule has 0 aliphatic carbocycles. The van der Waals surface area contributed by atoms with Gasteiger partial charge in [0.15, 0.2) is 0 Å². The van der Waals surface area contributed by atoms with E-state index in [9.17, 15) is 10.1 Å². The molecule has 188 valence electrons. The maximum Gasteiger partial charge on any atom is 0.254 e. The molecule has 0 radical (unpaired) electrons. The molecule has 8 heteroatoms. The summed E-state index contributed by atoms with van der Waals surface area (Å²) in [7, 11) is 4.04. The van der Waals surface area contributed by atoms with E-state index >= 15 is 0 Å². The highest BCUT2D eigenvalue weighted by Crippen LogP contribution is 2.34. The highest BCUT2D eigenvalue weighted by Gasteiger charge is 2.28. The number of ether oxygens (including phenoxy) is 1. The topological polar surface area (TPSA) is 87.3 Å². The number of nitrogens with zero attached hydrogens (tertiary/aromatic N) is 6. The largest absolute Gasteiger partial charge is 0.492 e. The van der Waals surface area contributed by atoms with Crippen molar-refractivity contribution in [2.75, 3.05) is 33.3 Å². The lowest BCUT2D eigenvalue weighted by Crippen LogP contribution is -2.37. The summed E-state index contributed by atoms with van der Waals surface area (Å²) in [6, 6.07) is 8.19. The molecule has 0 N–H and O–H groups in total. The van der Waals surface area contributed by atoms with Gasteiger partial charge in [0.05, 0.1) is 24.5 Å². The van der Waals surface area contributed by atoms with Gasteiger partial charge in [0.2, 0.25) is 0 Å². The van der Waals surface area contributed by atoms with Crippen LogP contribution >= 0.6 is 0 Å². The number of benzene rings is 1. The third-order valence-electron chi connectivity index (χ3n) is 6.78. The first kappa shape index (κ1) is 25.4. The third-order valence-corrected chi connectivity index (χ3v) is 6.78. The van der Waals surface area contributed by atoms with Crippen LogP contribution in [0.15, 0.2) is 30.6 Å². The molecule has 0 saturated carbocycles. The van der Waals surface area contributed by atoms with Gasteiger partial charge in [0, 0.05) is 49.7 Å². The first-order chi connectivity index (χ1) is 17.3. The van der Waals surface area contributed by atoms with E-state index in [4.69, 9.17) is 4.74 Å². The van der Waals surface area contributed by atoms with E-state index in [1.54, 1.807) is 6.07 Å². The molecular weight excluding hydrogens is 452 g/mol. The van der Waals surface area contributed by atoms with E-state index in [0.29, 0.717) is 36.7 Å². The molecule has 1 aliphatic rings. The Bertz CT molecular complexity index is 1310. The summed E-state index contributed by atoms with van der Waals surface area (Å²) in [6.07, 6.45) is 5.19. The molecule has 0 spiro atoms. The standard InChI is InChI=1S/C28H34N6O2/c1-6-32(4)10-8-20-12-24(26-18-33(5)31-19(26)3)23-9-11-34(28(35)25(23)13-20)17-22-14-27(36-7-2)21(15-29)16-30-22/h12-14,16,18H,6-11,17H2,1-5H3. The van der Waals surface area contributed by atoms with Crippen LogP contribution in [0.4, 0.5) is 0 Å². The van der Waals surface area contributed by atoms with Gasteiger partial charge < -0.3 is 14.5 Å². The minimum atomic E-state index is 0.00820. The van der Waals surface area contributed by atoms with Crippen LogP contribution in [-0.2, 0) is 26.4 Å². The van der Waals surface area contributed by atoms with Gasteiger partial charge in [0.25, 0.3) is 5.91 Å². The minimum absolute atomic E-state index is 0.00820. The zero-order chi connectivity index (χ0) is 25.8. The molecule has 2 aromatic heterocycles. The average molecular weight is 487 g/mol. The molecule has 0 unspecified atom stereocenters. The number of hydrogen-bond donors (Lipinski definition) is 0. The molecule has 3 aromatic rings. The van der Waals surface area contributed by atoms with Crippen molar-refractivity contribution in [3.63, 3.8) is 0 Å². The zero-order valence-corrected chi connectivity index (χ0v) is 21.8. The molecule has 0 fully saturated rings. The van der Waals surface area contributed by atoms with Crippen LogP contribution in [0.3, 0.4) is 0 Å². The van der Waals surface area contributed by atoms with Gasteiger partial charge in [0.1, 0.15) is 17.4 Å². The Hall–Kier alpha value is -3.70. The van der Waals surface area contributed by atoms with Gasteiger partial charge in [-0.05, 0) is 63.0 Å².